The van der Waals surface area contributed by atoms with Gasteiger partial charge >= 0.3 is 19.8 Å². The van der Waals surface area contributed by atoms with Crippen LogP contribution in [0.25, 0.3) is 0 Å². The first-order valence-electron chi connectivity index (χ1n) is 23.8. The van der Waals surface area contributed by atoms with Crippen LogP contribution in [0.15, 0.2) is 0 Å². The number of esters is 2. The molecule has 0 bridgehead atoms. The number of unbranched alkanes of at least 4 members (excludes halogenated alkanes) is 24. The van der Waals surface area contributed by atoms with Crippen LogP contribution in [0.1, 0.15) is 221 Å². The highest BCUT2D eigenvalue weighted by Gasteiger charge is 2.32. The Morgan fingerprint density at radius 2 is 0.912 bits per heavy atom. The maximum Gasteiger partial charge on any atom is 0.475 e. The second-order valence-electron chi connectivity index (χ2n) is 16.1. The zero-order valence-corrected chi connectivity index (χ0v) is 38.7. The van der Waals surface area contributed by atoms with Crippen LogP contribution in [0.2, 0.25) is 0 Å². The molecule has 0 amide bonds. The van der Waals surface area contributed by atoms with Crippen molar-refractivity contribution in [3.8, 4) is 6.07 Å². The number of rotatable bonds is 44. The number of nitriles is 1. The molecule has 57 heavy (non-hydrogen) atoms. The number of hydrogen-bond acceptors (Lipinski definition) is 9. The zero-order valence-electron chi connectivity index (χ0n) is 37.8. The van der Waals surface area contributed by atoms with Gasteiger partial charge in [0.25, 0.3) is 0 Å². The maximum absolute atomic E-state index is 13.7. The number of hydrogen-bond donors (Lipinski definition) is 0. The molecular weight excluding hydrogens is 739 g/mol. The van der Waals surface area contributed by atoms with Crippen molar-refractivity contribution in [2.75, 3.05) is 52.6 Å². The molecule has 0 fully saturated rings. The minimum absolute atomic E-state index is 0.0178. The molecule has 0 N–H and O–H groups in total. The molecule has 0 aliphatic rings. The Bertz CT molecular complexity index is 1010. The predicted octanol–water partition coefficient (Wildman–Crippen LogP) is 13.4. The summed E-state index contributed by atoms with van der Waals surface area (Å²) in [6, 6.07) is 1.98. The normalized spacial score (nSPS) is 13.3. The predicted molar refractivity (Wildman–Crippen MR) is 234 cm³/mol. The molecule has 0 saturated heterocycles. The van der Waals surface area contributed by atoms with E-state index in [1.54, 1.807) is 0 Å². The van der Waals surface area contributed by atoms with Gasteiger partial charge in [-0.25, -0.2) is 4.57 Å². The molecular formula is C46H90N2O8P+. The Hall–Kier alpha value is -1.50. The fourth-order valence-corrected chi connectivity index (χ4v) is 8.37. The first-order chi connectivity index (χ1) is 27.7. The fourth-order valence-electron chi connectivity index (χ4n) is 7.17. The molecule has 10 nitrogen and oxygen atoms in total. The van der Waals surface area contributed by atoms with Crippen LogP contribution in [0, 0.1) is 11.3 Å². The third-order valence-corrected chi connectivity index (χ3v) is 12.9. The highest BCUT2D eigenvalue weighted by atomic mass is 31.2. The molecule has 0 heterocycles. The van der Waals surface area contributed by atoms with Gasteiger partial charge < -0.3 is 14.0 Å². The lowest BCUT2D eigenvalue weighted by Gasteiger charge is -2.35. The third kappa shape index (κ3) is 34.0. The third-order valence-electron chi connectivity index (χ3n) is 11.4. The van der Waals surface area contributed by atoms with Crippen LogP contribution in [0.5, 0.6) is 0 Å². The Morgan fingerprint density at radius 3 is 1.32 bits per heavy atom. The molecule has 0 aromatic heterocycles. The molecule has 0 saturated carbocycles. The number of nitrogens with zero attached hydrogens (tertiary/aromatic N) is 2. The lowest BCUT2D eigenvalue weighted by molar-refractivity contribution is -0.923. The van der Waals surface area contributed by atoms with Gasteiger partial charge in [0.2, 0.25) is 0 Å². The summed E-state index contributed by atoms with van der Waals surface area (Å²) in [5.74, 6) is -0.760. The minimum Gasteiger partial charge on any atom is -0.462 e. The summed E-state index contributed by atoms with van der Waals surface area (Å²) in [6.45, 7) is 13.7. The topological polar surface area (TPSA) is 121 Å². The summed E-state index contributed by atoms with van der Waals surface area (Å²) < 4.78 is 42.7. The van der Waals surface area contributed by atoms with Gasteiger partial charge in [0.05, 0.1) is 45.3 Å². The van der Waals surface area contributed by atoms with Crippen molar-refractivity contribution in [1.29, 1.82) is 5.26 Å². The van der Waals surface area contributed by atoms with Crippen LogP contribution in [-0.4, -0.2) is 75.1 Å². The molecule has 2 atom stereocenters. The van der Waals surface area contributed by atoms with Gasteiger partial charge in [0, 0.05) is 12.8 Å². The van der Waals surface area contributed by atoms with E-state index in [9.17, 15) is 14.2 Å². The molecule has 11 heteroatoms. The number of quaternary nitrogens is 1. The molecule has 2 unspecified atom stereocenters. The molecule has 0 aromatic rings. The number of likely N-dealkylation sites (N-methyl/N-ethyl adjacent to an activating group) is 1. The van der Waals surface area contributed by atoms with Crippen LogP contribution in [0.4, 0.5) is 0 Å². The summed E-state index contributed by atoms with van der Waals surface area (Å²) in [6.07, 6.45) is 31.3. The van der Waals surface area contributed by atoms with Gasteiger partial charge in [-0.05, 0) is 33.6 Å². The average molecular weight is 830 g/mol. The Labute approximate surface area is 351 Å². The average Bonchev–Trinajstić information content (AvgIpc) is 3.21. The van der Waals surface area contributed by atoms with E-state index >= 15 is 0 Å². The van der Waals surface area contributed by atoms with Crippen molar-refractivity contribution >= 4 is 19.8 Å². The smallest absolute Gasteiger partial charge is 0.462 e. The second-order valence-corrected chi connectivity index (χ2v) is 17.8. The van der Waals surface area contributed by atoms with Crippen molar-refractivity contribution in [2.45, 2.75) is 227 Å². The van der Waals surface area contributed by atoms with Gasteiger partial charge in [0.15, 0.2) is 6.10 Å². The van der Waals surface area contributed by atoms with E-state index in [4.69, 9.17) is 28.3 Å². The molecule has 0 spiro atoms. The van der Waals surface area contributed by atoms with Crippen LogP contribution in [-0.2, 0) is 37.2 Å². The van der Waals surface area contributed by atoms with Gasteiger partial charge in [0.1, 0.15) is 19.8 Å². The van der Waals surface area contributed by atoms with Gasteiger partial charge in [-0.3, -0.25) is 23.2 Å². The Kier molecular flexibility index (Phi) is 38.9. The van der Waals surface area contributed by atoms with E-state index in [0.29, 0.717) is 19.4 Å². The largest absolute Gasteiger partial charge is 0.475 e. The molecule has 336 valence electrons. The summed E-state index contributed by atoms with van der Waals surface area (Å²) >= 11 is 0. The minimum atomic E-state index is -4.10. The molecule has 0 rings (SSSR count). The van der Waals surface area contributed by atoms with E-state index in [2.05, 4.69) is 34.6 Å². The Balaban J connectivity index is 4.91. The highest BCUT2D eigenvalue weighted by Crippen LogP contribution is 2.49. The van der Waals surface area contributed by atoms with E-state index in [1.807, 2.05) is 6.07 Å². The monoisotopic (exact) mass is 830 g/mol. The zero-order chi connectivity index (χ0) is 42.1. The summed E-state index contributed by atoms with van der Waals surface area (Å²) in [4.78, 5) is 25.6. The number of phosphoric acid groups is 1. The maximum atomic E-state index is 13.7. The van der Waals surface area contributed by atoms with Gasteiger partial charge in [-0.15, -0.1) is 0 Å². The number of carbonyl (C=O) groups excluding carboxylic acids is 2. The summed E-state index contributed by atoms with van der Waals surface area (Å²) in [7, 11) is -4.10. The highest BCUT2D eigenvalue weighted by molar-refractivity contribution is 7.48. The van der Waals surface area contributed by atoms with E-state index in [0.717, 1.165) is 56.2 Å². The van der Waals surface area contributed by atoms with Crippen LogP contribution >= 0.6 is 7.82 Å². The van der Waals surface area contributed by atoms with E-state index < -0.39 is 19.9 Å². The van der Waals surface area contributed by atoms with Crippen molar-refractivity contribution in [3.05, 3.63) is 0 Å². The van der Waals surface area contributed by atoms with Crippen LogP contribution in [0.3, 0.4) is 0 Å². The van der Waals surface area contributed by atoms with Crippen molar-refractivity contribution in [2.24, 2.45) is 0 Å². The molecule has 0 aromatic carbocycles. The van der Waals surface area contributed by atoms with E-state index in [1.165, 1.54) is 128 Å². The van der Waals surface area contributed by atoms with Gasteiger partial charge in [-0.2, -0.15) is 5.26 Å². The SMILES string of the molecule is CCCCCCCCCCCCCCCC(=O)OCC(COP(=O)(OCCC#N)OCC[N+](CC)(CC)CC)OC(=O)CCCCCCCCCCCCCCC. The van der Waals surface area contributed by atoms with Crippen molar-refractivity contribution < 1.29 is 41.7 Å². The van der Waals surface area contributed by atoms with Gasteiger partial charge in [-0.1, -0.05) is 168 Å². The first-order valence-corrected chi connectivity index (χ1v) is 25.3. The fraction of sp³-hybridized carbons (Fsp3) is 0.935. The second kappa shape index (κ2) is 39.9. The summed E-state index contributed by atoms with van der Waals surface area (Å²) in [5, 5.41) is 9.04. The quantitative estimate of drug-likeness (QED) is 0.0256. The van der Waals surface area contributed by atoms with Crippen LogP contribution < -0.4 is 0 Å². The lowest BCUT2D eigenvalue weighted by atomic mass is 10.0. The number of phosphoric ester groups is 1. The summed E-state index contributed by atoms with van der Waals surface area (Å²) in [5.41, 5.74) is 0. The first kappa shape index (κ1) is 55.5. The van der Waals surface area contributed by atoms with E-state index in [-0.39, 0.29) is 45.2 Å². The molecule has 0 aliphatic carbocycles. The van der Waals surface area contributed by atoms with Crippen molar-refractivity contribution in [3.63, 3.8) is 0 Å². The Morgan fingerprint density at radius 1 is 0.526 bits per heavy atom. The molecule has 0 radical (unpaired) electrons. The number of carbonyl (C=O) groups is 2. The standard InChI is InChI=1S/C46H90N2O8P/c1-6-11-13-15-17-19-21-23-25-27-29-31-33-36-45(49)52-42-44(56-46(50)37-34-32-30-28-26-24-22-20-18-16-14-12-7-2)43-55-57(51,53-40-35-38-47)54-41-39-48(8-3,9-4)10-5/h44H,6-37,39-43H2,1-5H3/q+1. The lowest BCUT2D eigenvalue weighted by Crippen LogP contribution is -2.49. The number of ether oxygens (including phenoxy) is 2. The molecule has 0 aliphatic heterocycles. The van der Waals surface area contributed by atoms with Crippen molar-refractivity contribution in [1.82, 2.24) is 0 Å².